The van der Waals surface area contributed by atoms with Crippen LogP contribution < -0.4 is 17.2 Å². The first-order valence-corrected chi connectivity index (χ1v) is 11.6. The van der Waals surface area contributed by atoms with E-state index in [1.165, 1.54) is 0 Å². The lowest BCUT2D eigenvalue weighted by atomic mass is 10.1. The first kappa shape index (κ1) is 26.0. The van der Waals surface area contributed by atoms with E-state index in [1.807, 2.05) is 0 Å². The Bertz CT molecular complexity index is 322. The van der Waals surface area contributed by atoms with Gasteiger partial charge in [-0.1, -0.05) is 59.3 Å². The summed E-state index contributed by atoms with van der Waals surface area (Å²) in [5.74, 6) is 0. The fourth-order valence-electron chi connectivity index (χ4n) is 2.32. The van der Waals surface area contributed by atoms with Crippen LogP contribution in [-0.2, 0) is 18.1 Å². The number of nitrogens with two attached hydrogens (primary N) is 3. The van der Waals surface area contributed by atoms with Crippen molar-refractivity contribution >= 4 is 7.82 Å². The third-order valence-electron chi connectivity index (χ3n) is 4.13. The van der Waals surface area contributed by atoms with Gasteiger partial charge >= 0.3 is 7.82 Å². The van der Waals surface area contributed by atoms with Crippen LogP contribution in [0.3, 0.4) is 0 Å². The number of unbranched alkanes of at least 4 members (excludes halogenated alkanes) is 3. The maximum atomic E-state index is 12.9. The molecule has 3 atom stereocenters. The molecule has 0 rings (SSSR count). The number of hydrogen-bond acceptors (Lipinski definition) is 7. The van der Waals surface area contributed by atoms with Gasteiger partial charge in [-0.25, -0.2) is 4.57 Å². The summed E-state index contributed by atoms with van der Waals surface area (Å²) in [6.45, 7) is 6.68. The Balaban J connectivity index is 4.55. The fourth-order valence-corrected chi connectivity index (χ4v) is 3.67. The predicted octanol–water partition coefficient (Wildman–Crippen LogP) is 3.70. The maximum Gasteiger partial charge on any atom is 0.474 e. The van der Waals surface area contributed by atoms with Gasteiger partial charge in [-0.2, -0.15) is 0 Å². The van der Waals surface area contributed by atoms with Crippen molar-refractivity contribution in [3.8, 4) is 0 Å². The van der Waals surface area contributed by atoms with Gasteiger partial charge in [0.25, 0.3) is 0 Å². The third kappa shape index (κ3) is 14.1. The molecule has 3 unspecified atom stereocenters. The first-order valence-electron chi connectivity index (χ1n) is 10.2. The van der Waals surface area contributed by atoms with Crippen LogP contribution in [0.5, 0.6) is 0 Å². The fraction of sp³-hybridized carbons (Fsp3) is 1.00. The van der Waals surface area contributed by atoms with Crippen LogP contribution >= 0.6 is 7.82 Å². The lowest BCUT2D eigenvalue weighted by Gasteiger charge is -2.23. The number of rotatable bonds is 18. The average molecular weight is 396 g/mol. The van der Waals surface area contributed by atoms with E-state index in [1.54, 1.807) is 0 Å². The van der Waals surface area contributed by atoms with Crippen molar-refractivity contribution in [1.82, 2.24) is 0 Å². The van der Waals surface area contributed by atoms with Gasteiger partial charge in [0.15, 0.2) is 0 Å². The highest BCUT2D eigenvalue weighted by Crippen LogP contribution is 2.49. The van der Waals surface area contributed by atoms with E-state index < -0.39 is 7.82 Å². The zero-order chi connectivity index (χ0) is 19.8. The molecule has 7 nitrogen and oxygen atoms in total. The second kappa shape index (κ2) is 16.0. The van der Waals surface area contributed by atoms with Crippen LogP contribution in [0.25, 0.3) is 0 Å². The molecular weight excluding hydrogens is 353 g/mol. The van der Waals surface area contributed by atoms with Gasteiger partial charge in [0.1, 0.15) is 0 Å². The molecule has 8 heteroatoms. The quantitative estimate of drug-likeness (QED) is 0.302. The minimum atomic E-state index is -3.72. The van der Waals surface area contributed by atoms with Gasteiger partial charge in [0.2, 0.25) is 0 Å². The standard InChI is InChI=1S/C18H42N3O4P/c1-4-7-10-16(19)13-23-26(22,24-14-17(20)11-8-5-2)25-15-18(21)12-9-6-3/h16-18H,4-15,19-21H2,1-3H3. The molecule has 158 valence electrons. The molecule has 0 aliphatic rings. The van der Waals surface area contributed by atoms with Gasteiger partial charge in [0, 0.05) is 18.1 Å². The van der Waals surface area contributed by atoms with Crippen molar-refractivity contribution in [1.29, 1.82) is 0 Å². The van der Waals surface area contributed by atoms with E-state index in [2.05, 4.69) is 20.8 Å². The van der Waals surface area contributed by atoms with Crippen molar-refractivity contribution in [2.24, 2.45) is 17.2 Å². The molecular formula is C18H42N3O4P. The monoisotopic (exact) mass is 395 g/mol. The minimum Gasteiger partial charge on any atom is -0.326 e. The number of phosphoric ester groups is 1. The van der Waals surface area contributed by atoms with E-state index in [4.69, 9.17) is 30.8 Å². The molecule has 0 spiro atoms. The molecule has 0 amide bonds. The second-order valence-corrected chi connectivity index (χ2v) is 8.71. The summed E-state index contributed by atoms with van der Waals surface area (Å²) < 4.78 is 29.3. The largest absolute Gasteiger partial charge is 0.474 e. The summed E-state index contributed by atoms with van der Waals surface area (Å²) in [7, 11) is -3.72. The lowest BCUT2D eigenvalue weighted by molar-refractivity contribution is 0.0966. The van der Waals surface area contributed by atoms with Crippen molar-refractivity contribution in [2.45, 2.75) is 96.7 Å². The summed E-state index contributed by atoms with van der Waals surface area (Å²) in [6, 6.07) is -0.589. The van der Waals surface area contributed by atoms with Crippen LogP contribution in [-0.4, -0.2) is 37.9 Å². The van der Waals surface area contributed by atoms with E-state index >= 15 is 0 Å². The van der Waals surface area contributed by atoms with Crippen LogP contribution in [0.4, 0.5) is 0 Å². The van der Waals surface area contributed by atoms with E-state index in [9.17, 15) is 4.57 Å². The molecule has 0 bridgehead atoms. The summed E-state index contributed by atoms with van der Waals surface area (Å²) in [6.07, 6.45) is 8.58. The highest BCUT2D eigenvalue weighted by molar-refractivity contribution is 7.48. The molecule has 0 saturated carbocycles. The maximum absolute atomic E-state index is 12.9. The Morgan fingerprint density at radius 1 is 0.654 bits per heavy atom. The normalized spacial score (nSPS) is 17.6. The first-order chi connectivity index (χ1) is 12.4. The molecule has 0 heterocycles. The molecule has 0 aromatic carbocycles. The summed E-state index contributed by atoms with van der Waals surface area (Å²) in [5.41, 5.74) is 18.0. The average Bonchev–Trinajstić information content (AvgIpc) is 2.64. The molecule has 0 radical (unpaired) electrons. The number of phosphoric acid groups is 1. The summed E-state index contributed by atoms with van der Waals surface area (Å²) in [5, 5.41) is 0. The zero-order valence-corrected chi connectivity index (χ0v) is 17.9. The Morgan fingerprint density at radius 3 is 1.15 bits per heavy atom. The highest BCUT2D eigenvalue weighted by Gasteiger charge is 2.29. The van der Waals surface area contributed by atoms with Crippen molar-refractivity contribution in [3.63, 3.8) is 0 Å². The van der Waals surface area contributed by atoms with Crippen LogP contribution in [0.2, 0.25) is 0 Å². The van der Waals surface area contributed by atoms with Crippen LogP contribution in [0.1, 0.15) is 78.6 Å². The van der Waals surface area contributed by atoms with Gasteiger partial charge < -0.3 is 17.2 Å². The Labute approximate surface area is 160 Å². The Kier molecular flexibility index (Phi) is 16.0. The molecule has 0 fully saturated rings. The third-order valence-corrected chi connectivity index (χ3v) is 5.52. The van der Waals surface area contributed by atoms with Gasteiger partial charge in [-0.15, -0.1) is 0 Å². The molecule has 26 heavy (non-hydrogen) atoms. The SMILES string of the molecule is CCCCC(N)COP(=O)(OCC(N)CCCC)OCC(N)CCCC. The second-order valence-electron chi connectivity index (χ2n) is 7.04. The van der Waals surface area contributed by atoms with Gasteiger partial charge in [-0.05, 0) is 19.3 Å². The summed E-state index contributed by atoms with van der Waals surface area (Å²) >= 11 is 0. The molecule has 6 N–H and O–H groups in total. The molecule has 0 aromatic rings. The topological polar surface area (TPSA) is 123 Å². The van der Waals surface area contributed by atoms with E-state index in [0.717, 1.165) is 57.8 Å². The van der Waals surface area contributed by atoms with E-state index in [-0.39, 0.29) is 37.9 Å². The molecule has 0 aliphatic heterocycles. The van der Waals surface area contributed by atoms with Gasteiger partial charge in [-0.3, -0.25) is 13.6 Å². The van der Waals surface area contributed by atoms with E-state index in [0.29, 0.717) is 0 Å². The van der Waals surface area contributed by atoms with Gasteiger partial charge in [0.05, 0.1) is 19.8 Å². The van der Waals surface area contributed by atoms with Crippen LogP contribution in [0, 0.1) is 0 Å². The van der Waals surface area contributed by atoms with Crippen LogP contribution in [0.15, 0.2) is 0 Å². The minimum absolute atomic E-state index is 0.131. The summed E-state index contributed by atoms with van der Waals surface area (Å²) in [4.78, 5) is 0. The lowest BCUT2D eigenvalue weighted by Crippen LogP contribution is -2.30. The smallest absolute Gasteiger partial charge is 0.326 e. The molecule has 0 saturated heterocycles. The Hall–Kier alpha value is -0.0100. The van der Waals surface area contributed by atoms with Crippen molar-refractivity contribution in [2.75, 3.05) is 19.8 Å². The Morgan fingerprint density at radius 2 is 0.923 bits per heavy atom. The molecule has 0 aliphatic carbocycles. The zero-order valence-electron chi connectivity index (χ0n) is 17.0. The predicted molar refractivity (Wildman–Crippen MR) is 108 cm³/mol. The van der Waals surface area contributed by atoms with Crippen molar-refractivity contribution < 1.29 is 18.1 Å². The molecule has 0 aromatic heterocycles. The number of hydrogen-bond donors (Lipinski definition) is 3. The highest BCUT2D eigenvalue weighted by atomic mass is 31.2. The van der Waals surface area contributed by atoms with Crippen molar-refractivity contribution in [3.05, 3.63) is 0 Å².